The second-order valence-corrected chi connectivity index (χ2v) is 3.31. The van der Waals surface area contributed by atoms with E-state index in [1.165, 1.54) is 11.1 Å². The van der Waals surface area contributed by atoms with E-state index in [1.54, 1.807) is 0 Å². The summed E-state index contributed by atoms with van der Waals surface area (Å²) in [6, 6.07) is 18.1. The molecule has 72 valence electrons. The lowest BCUT2D eigenvalue weighted by molar-refractivity contribution is 0.824. The smallest absolute Gasteiger partial charge is 0.0406 e. The first-order valence-corrected chi connectivity index (χ1v) is 4.55. The standard InChI is InChI=1S/C12H9Cl.H2O/c13-12-8-6-11(7-9-12)10-4-2-1-3-5-10;/h1-9H;1H2. The van der Waals surface area contributed by atoms with Gasteiger partial charge in [0.05, 0.1) is 0 Å². The third-order valence-corrected chi connectivity index (χ3v) is 2.20. The van der Waals surface area contributed by atoms with Crippen LogP contribution in [-0.2, 0) is 0 Å². The van der Waals surface area contributed by atoms with E-state index in [1.807, 2.05) is 42.5 Å². The molecule has 0 saturated heterocycles. The molecule has 0 amide bonds. The number of rotatable bonds is 1. The van der Waals surface area contributed by atoms with E-state index in [9.17, 15) is 0 Å². The number of hydrogen-bond donors (Lipinski definition) is 0. The average Bonchev–Trinajstić information content (AvgIpc) is 2.20. The van der Waals surface area contributed by atoms with E-state index in [0.29, 0.717) is 0 Å². The van der Waals surface area contributed by atoms with Crippen LogP contribution in [0.5, 0.6) is 0 Å². The summed E-state index contributed by atoms with van der Waals surface area (Å²) < 4.78 is 0. The Balaban J connectivity index is 0.000000980. The highest BCUT2D eigenvalue weighted by atomic mass is 35.5. The first-order chi connectivity index (χ1) is 6.36. The Hall–Kier alpha value is -1.31. The van der Waals surface area contributed by atoms with Crippen LogP contribution >= 0.6 is 11.6 Å². The summed E-state index contributed by atoms with van der Waals surface area (Å²) in [6.45, 7) is 0. The quantitative estimate of drug-likeness (QED) is 0.687. The van der Waals surface area contributed by atoms with Crippen molar-refractivity contribution in [2.75, 3.05) is 0 Å². The molecule has 2 aromatic carbocycles. The maximum Gasteiger partial charge on any atom is 0.0406 e. The molecule has 0 unspecified atom stereocenters. The van der Waals surface area contributed by atoms with Crippen molar-refractivity contribution in [2.24, 2.45) is 0 Å². The van der Waals surface area contributed by atoms with E-state index in [0.717, 1.165) is 5.02 Å². The van der Waals surface area contributed by atoms with Gasteiger partial charge < -0.3 is 5.48 Å². The van der Waals surface area contributed by atoms with Gasteiger partial charge in [-0.2, -0.15) is 0 Å². The van der Waals surface area contributed by atoms with Crippen LogP contribution < -0.4 is 0 Å². The van der Waals surface area contributed by atoms with Gasteiger partial charge in [-0.15, -0.1) is 0 Å². The van der Waals surface area contributed by atoms with E-state index in [4.69, 9.17) is 11.6 Å². The molecule has 0 aliphatic rings. The molecule has 0 bridgehead atoms. The number of benzene rings is 2. The maximum atomic E-state index is 5.80. The highest BCUT2D eigenvalue weighted by Crippen LogP contribution is 2.20. The summed E-state index contributed by atoms with van der Waals surface area (Å²) in [5, 5.41) is 0.777. The van der Waals surface area contributed by atoms with E-state index in [2.05, 4.69) is 12.1 Å². The van der Waals surface area contributed by atoms with Gasteiger partial charge in [0.1, 0.15) is 0 Å². The molecule has 0 atom stereocenters. The third-order valence-electron chi connectivity index (χ3n) is 1.95. The zero-order valence-corrected chi connectivity index (χ0v) is 8.33. The van der Waals surface area contributed by atoms with Gasteiger partial charge in [0.2, 0.25) is 0 Å². The molecule has 14 heavy (non-hydrogen) atoms. The van der Waals surface area contributed by atoms with Gasteiger partial charge in [-0.1, -0.05) is 54.1 Å². The molecular weight excluding hydrogens is 196 g/mol. The Morgan fingerprint density at radius 3 is 1.71 bits per heavy atom. The minimum Gasteiger partial charge on any atom is -0.412 e. The second kappa shape index (κ2) is 4.80. The molecule has 2 aromatic rings. The van der Waals surface area contributed by atoms with E-state index < -0.39 is 0 Å². The lowest BCUT2D eigenvalue weighted by Crippen LogP contribution is -1.74. The first-order valence-electron chi connectivity index (χ1n) is 4.17. The van der Waals surface area contributed by atoms with Gasteiger partial charge in [-0.3, -0.25) is 0 Å². The molecule has 0 fully saturated rings. The van der Waals surface area contributed by atoms with E-state index >= 15 is 0 Å². The van der Waals surface area contributed by atoms with Crippen molar-refractivity contribution < 1.29 is 5.48 Å². The molecule has 0 saturated carbocycles. The van der Waals surface area contributed by atoms with Crippen LogP contribution in [0.1, 0.15) is 0 Å². The number of halogens is 1. The zero-order valence-electron chi connectivity index (χ0n) is 7.57. The summed E-state index contributed by atoms with van der Waals surface area (Å²) in [5.41, 5.74) is 2.42. The first kappa shape index (κ1) is 10.8. The zero-order chi connectivity index (χ0) is 9.10. The Labute approximate surface area is 88.3 Å². The molecule has 2 rings (SSSR count). The predicted octanol–water partition coefficient (Wildman–Crippen LogP) is 3.18. The lowest BCUT2D eigenvalue weighted by atomic mass is 10.1. The van der Waals surface area contributed by atoms with Crippen LogP contribution in [0.25, 0.3) is 11.1 Å². The molecule has 0 aliphatic carbocycles. The second-order valence-electron chi connectivity index (χ2n) is 2.87. The molecular formula is C12H11ClO. The van der Waals surface area contributed by atoms with Crippen molar-refractivity contribution in [3.63, 3.8) is 0 Å². The average molecular weight is 207 g/mol. The van der Waals surface area contributed by atoms with Crippen molar-refractivity contribution in [1.82, 2.24) is 0 Å². The highest BCUT2D eigenvalue weighted by molar-refractivity contribution is 6.30. The molecule has 1 nitrogen and oxygen atoms in total. The van der Waals surface area contributed by atoms with Crippen LogP contribution in [0.3, 0.4) is 0 Å². The molecule has 0 radical (unpaired) electrons. The van der Waals surface area contributed by atoms with Crippen LogP contribution in [0.15, 0.2) is 54.6 Å². The molecule has 2 N–H and O–H groups in total. The van der Waals surface area contributed by atoms with Crippen LogP contribution in [0.4, 0.5) is 0 Å². The summed E-state index contributed by atoms with van der Waals surface area (Å²) in [7, 11) is 0. The SMILES string of the molecule is Clc1ccc(-c2ccccc2)cc1.O. The highest BCUT2D eigenvalue weighted by Gasteiger charge is 1.94. The minimum absolute atomic E-state index is 0. The van der Waals surface area contributed by atoms with Gasteiger partial charge in [0.15, 0.2) is 0 Å². The predicted molar refractivity (Wildman–Crippen MR) is 60.5 cm³/mol. The van der Waals surface area contributed by atoms with Crippen LogP contribution in [0, 0.1) is 0 Å². The van der Waals surface area contributed by atoms with Crippen molar-refractivity contribution in [2.45, 2.75) is 0 Å². The minimum atomic E-state index is 0. The summed E-state index contributed by atoms with van der Waals surface area (Å²) >= 11 is 5.80. The third kappa shape index (κ3) is 2.34. The molecule has 0 heterocycles. The Morgan fingerprint density at radius 1 is 0.643 bits per heavy atom. The van der Waals surface area contributed by atoms with Gasteiger partial charge >= 0.3 is 0 Å². The van der Waals surface area contributed by atoms with Gasteiger partial charge in [0.25, 0.3) is 0 Å². The fraction of sp³-hybridized carbons (Fsp3) is 0. The molecule has 2 heteroatoms. The fourth-order valence-corrected chi connectivity index (χ4v) is 1.40. The Kier molecular flexibility index (Phi) is 3.69. The van der Waals surface area contributed by atoms with Crippen molar-refractivity contribution in [3.8, 4) is 11.1 Å². The monoisotopic (exact) mass is 206 g/mol. The molecule has 0 aromatic heterocycles. The van der Waals surface area contributed by atoms with Crippen LogP contribution in [0.2, 0.25) is 5.02 Å². The molecule has 0 spiro atoms. The maximum absolute atomic E-state index is 5.80. The largest absolute Gasteiger partial charge is 0.412 e. The van der Waals surface area contributed by atoms with E-state index in [-0.39, 0.29) is 5.48 Å². The lowest BCUT2D eigenvalue weighted by Gasteiger charge is -2.00. The van der Waals surface area contributed by atoms with Crippen molar-refractivity contribution in [1.29, 1.82) is 0 Å². The molecule has 0 aliphatic heterocycles. The van der Waals surface area contributed by atoms with Crippen molar-refractivity contribution >= 4 is 11.6 Å². The summed E-state index contributed by atoms with van der Waals surface area (Å²) in [6.07, 6.45) is 0. The van der Waals surface area contributed by atoms with Crippen molar-refractivity contribution in [3.05, 3.63) is 59.6 Å². The van der Waals surface area contributed by atoms with Gasteiger partial charge in [0, 0.05) is 5.02 Å². The van der Waals surface area contributed by atoms with Gasteiger partial charge in [-0.05, 0) is 23.3 Å². The Morgan fingerprint density at radius 2 is 1.14 bits per heavy atom. The van der Waals surface area contributed by atoms with Gasteiger partial charge in [-0.25, -0.2) is 0 Å². The normalized spacial score (nSPS) is 9.21. The summed E-state index contributed by atoms with van der Waals surface area (Å²) in [5.74, 6) is 0. The van der Waals surface area contributed by atoms with Crippen LogP contribution in [-0.4, -0.2) is 5.48 Å². The number of hydrogen-bond acceptors (Lipinski definition) is 0. The topological polar surface area (TPSA) is 31.5 Å². The fourth-order valence-electron chi connectivity index (χ4n) is 1.27. The Bertz CT molecular complexity index is 381. The summed E-state index contributed by atoms with van der Waals surface area (Å²) in [4.78, 5) is 0.